The molecule has 1 aliphatic rings. The molecule has 0 fully saturated rings. The van der Waals surface area contributed by atoms with Gasteiger partial charge in [-0.1, -0.05) is 13.8 Å². The molecule has 2 atom stereocenters. The van der Waals surface area contributed by atoms with E-state index in [1.54, 1.807) is 0 Å². The fraction of sp³-hybridized carbons (Fsp3) is 0.615. The lowest BCUT2D eigenvalue weighted by atomic mass is 10.0. The zero-order valence-corrected chi connectivity index (χ0v) is 12.2. The van der Waals surface area contributed by atoms with Gasteiger partial charge in [-0.25, -0.2) is 0 Å². The first kappa shape index (κ1) is 15.3. The van der Waals surface area contributed by atoms with E-state index >= 15 is 0 Å². The van der Waals surface area contributed by atoms with Crippen LogP contribution in [-0.4, -0.2) is 39.7 Å². The largest absolute Gasteiger partial charge is 0.391 e. The third-order valence-electron chi connectivity index (χ3n) is 3.56. The van der Waals surface area contributed by atoms with Crippen molar-refractivity contribution in [2.45, 2.75) is 45.3 Å². The van der Waals surface area contributed by atoms with Gasteiger partial charge in [0, 0.05) is 13.0 Å². The second-order valence-corrected chi connectivity index (χ2v) is 5.09. The van der Waals surface area contributed by atoms with Crippen LogP contribution in [0.25, 0.3) is 0 Å². The fourth-order valence-corrected chi connectivity index (χ4v) is 2.51. The third-order valence-corrected chi connectivity index (χ3v) is 3.56. The summed E-state index contributed by atoms with van der Waals surface area (Å²) in [4.78, 5) is 32.4. The fourth-order valence-electron chi connectivity index (χ4n) is 2.51. The van der Waals surface area contributed by atoms with Crippen molar-refractivity contribution < 1.29 is 9.90 Å². The summed E-state index contributed by atoms with van der Waals surface area (Å²) in [7, 11) is 0. The van der Waals surface area contributed by atoms with Crippen LogP contribution in [-0.2, 0) is 4.79 Å². The topological polar surface area (TPSA) is 124 Å². The normalized spacial score (nSPS) is 18.8. The molecule has 116 valence electrons. The van der Waals surface area contributed by atoms with E-state index in [9.17, 15) is 14.7 Å². The molecule has 0 radical (unpaired) electrons. The number of fused-ring (bicyclic) bond motifs is 1. The molecule has 0 saturated carbocycles. The van der Waals surface area contributed by atoms with E-state index in [1.165, 1.54) is 4.90 Å². The number of aliphatic hydroxyl groups is 1. The van der Waals surface area contributed by atoms with Gasteiger partial charge in [0.25, 0.3) is 5.56 Å². The van der Waals surface area contributed by atoms with Gasteiger partial charge < -0.3 is 16.2 Å². The molecule has 8 heteroatoms. The van der Waals surface area contributed by atoms with Crippen molar-refractivity contribution in [1.82, 2.24) is 9.97 Å². The smallest absolute Gasteiger partial charge is 0.278 e. The Labute approximate surface area is 122 Å². The zero-order chi connectivity index (χ0) is 15.6. The molecule has 8 nitrogen and oxygen atoms in total. The molecule has 2 unspecified atom stereocenters. The highest BCUT2D eigenvalue weighted by Crippen LogP contribution is 2.29. The highest BCUT2D eigenvalue weighted by molar-refractivity contribution is 5.97. The SMILES string of the molecule is CCCC(=O)N1c2c(nc(N)[nH]c2=O)NCC1C(O)CC. The minimum absolute atomic E-state index is 0.0105. The molecule has 2 rings (SSSR count). The standard InChI is InChI=1S/C13H21N5O3/c1-3-5-9(20)18-7(8(19)4-2)6-15-11-10(18)12(21)17-13(14)16-11/h7-8,19H,3-6H2,1-2H3,(H4,14,15,16,17,21). The first-order valence-corrected chi connectivity index (χ1v) is 7.13. The van der Waals surface area contributed by atoms with Gasteiger partial charge >= 0.3 is 0 Å². The molecule has 0 aromatic carbocycles. The minimum Gasteiger partial charge on any atom is -0.391 e. The molecule has 0 bridgehead atoms. The molecular weight excluding hydrogens is 274 g/mol. The summed E-state index contributed by atoms with van der Waals surface area (Å²) in [6.45, 7) is 4.04. The number of H-pyrrole nitrogens is 1. The van der Waals surface area contributed by atoms with Crippen LogP contribution in [0.4, 0.5) is 17.5 Å². The van der Waals surface area contributed by atoms with Crippen molar-refractivity contribution in [2.75, 3.05) is 22.5 Å². The lowest BCUT2D eigenvalue weighted by Gasteiger charge is -2.38. The van der Waals surface area contributed by atoms with Crippen molar-refractivity contribution in [3.63, 3.8) is 0 Å². The van der Waals surface area contributed by atoms with Gasteiger partial charge in [0.1, 0.15) is 0 Å². The average molecular weight is 295 g/mol. The minimum atomic E-state index is -0.719. The second-order valence-electron chi connectivity index (χ2n) is 5.09. The quantitative estimate of drug-likeness (QED) is 0.622. The number of nitrogen functional groups attached to an aromatic ring is 1. The first-order chi connectivity index (χ1) is 9.99. The summed E-state index contributed by atoms with van der Waals surface area (Å²) in [5.41, 5.74) is 5.17. The van der Waals surface area contributed by atoms with Gasteiger partial charge in [0.05, 0.1) is 12.1 Å². The van der Waals surface area contributed by atoms with Gasteiger partial charge in [-0.05, 0) is 12.8 Å². The van der Waals surface area contributed by atoms with Crippen molar-refractivity contribution >= 4 is 23.4 Å². The van der Waals surface area contributed by atoms with Gasteiger partial charge in [-0.15, -0.1) is 0 Å². The van der Waals surface area contributed by atoms with E-state index in [4.69, 9.17) is 5.73 Å². The van der Waals surface area contributed by atoms with Crippen LogP contribution in [0.2, 0.25) is 0 Å². The van der Waals surface area contributed by atoms with E-state index in [0.717, 1.165) is 0 Å². The average Bonchev–Trinajstić information content (AvgIpc) is 2.45. The van der Waals surface area contributed by atoms with E-state index < -0.39 is 17.7 Å². The Morgan fingerprint density at radius 2 is 2.29 bits per heavy atom. The Morgan fingerprint density at radius 3 is 2.90 bits per heavy atom. The van der Waals surface area contributed by atoms with Crippen molar-refractivity contribution in [3.05, 3.63) is 10.4 Å². The van der Waals surface area contributed by atoms with Crippen LogP contribution < -0.4 is 21.5 Å². The first-order valence-electron chi connectivity index (χ1n) is 7.13. The van der Waals surface area contributed by atoms with Crippen LogP contribution in [0.15, 0.2) is 4.79 Å². The van der Waals surface area contributed by atoms with Crippen molar-refractivity contribution in [3.8, 4) is 0 Å². The van der Waals surface area contributed by atoms with E-state index in [1.807, 2.05) is 13.8 Å². The number of aliphatic hydroxyl groups excluding tert-OH is 1. The summed E-state index contributed by atoms with van der Waals surface area (Å²) in [6.07, 6.45) is 0.727. The predicted octanol–water partition coefficient (Wildman–Crippen LogP) is 0.0502. The molecule has 1 aromatic heterocycles. The summed E-state index contributed by atoms with van der Waals surface area (Å²) in [5, 5.41) is 13.1. The number of aromatic amines is 1. The van der Waals surface area contributed by atoms with E-state index in [-0.39, 0.29) is 23.4 Å². The maximum Gasteiger partial charge on any atom is 0.278 e. The molecule has 0 saturated heterocycles. The van der Waals surface area contributed by atoms with Crippen LogP contribution in [0.1, 0.15) is 33.1 Å². The number of aromatic nitrogens is 2. The number of hydrogen-bond donors (Lipinski definition) is 4. The monoisotopic (exact) mass is 295 g/mol. The molecule has 21 heavy (non-hydrogen) atoms. The van der Waals surface area contributed by atoms with Crippen LogP contribution in [0, 0.1) is 0 Å². The number of rotatable bonds is 4. The van der Waals surface area contributed by atoms with Gasteiger partial charge in [-0.2, -0.15) is 4.98 Å². The number of anilines is 3. The van der Waals surface area contributed by atoms with Crippen LogP contribution in [0.3, 0.4) is 0 Å². The zero-order valence-electron chi connectivity index (χ0n) is 12.2. The Balaban J connectivity index is 2.52. The van der Waals surface area contributed by atoms with Crippen molar-refractivity contribution in [2.24, 2.45) is 0 Å². The molecule has 1 amide bonds. The third kappa shape index (κ3) is 2.85. The predicted molar refractivity (Wildman–Crippen MR) is 80.2 cm³/mol. The summed E-state index contributed by atoms with van der Waals surface area (Å²) >= 11 is 0. The number of nitrogens with one attached hydrogen (secondary N) is 2. The number of nitrogens with two attached hydrogens (primary N) is 1. The van der Waals surface area contributed by atoms with Gasteiger partial charge in [0.15, 0.2) is 11.5 Å². The Bertz CT molecular complexity index is 586. The molecule has 2 heterocycles. The summed E-state index contributed by atoms with van der Waals surface area (Å²) in [5.74, 6) is 0.0682. The Morgan fingerprint density at radius 1 is 1.57 bits per heavy atom. The number of amides is 1. The van der Waals surface area contributed by atoms with Crippen LogP contribution >= 0.6 is 0 Å². The maximum absolute atomic E-state index is 12.4. The summed E-state index contributed by atoms with van der Waals surface area (Å²) < 4.78 is 0. The van der Waals surface area contributed by atoms with Crippen LogP contribution in [0.5, 0.6) is 0 Å². The second kappa shape index (κ2) is 6.13. The Kier molecular flexibility index (Phi) is 4.46. The summed E-state index contributed by atoms with van der Waals surface area (Å²) in [6, 6.07) is -0.493. The van der Waals surface area contributed by atoms with Gasteiger partial charge in [0.2, 0.25) is 11.9 Å². The van der Waals surface area contributed by atoms with E-state index in [0.29, 0.717) is 25.8 Å². The van der Waals surface area contributed by atoms with E-state index in [2.05, 4.69) is 15.3 Å². The lowest BCUT2D eigenvalue weighted by molar-refractivity contribution is -0.119. The van der Waals surface area contributed by atoms with Crippen molar-refractivity contribution in [1.29, 1.82) is 0 Å². The molecular formula is C13H21N5O3. The highest BCUT2D eigenvalue weighted by Gasteiger charge is 2.37. The molecule has 1 aliphatic heterocycles. The number of hydrogen-bond acceptors (Lipinski definition) is 6. The molecule has 0 spiro atoms. The number of nitrogens with zero attached hydrogens (tertiary/aromatic N) is 2. The lowest BCUT2D eigenvalue weighted by Crippen LogP contribution is -2.55. The number of carbonyl (C=O) groups is 1. The molecule has 1 aromatic rings. The highest BCUT2D eigenvalue weighted by atomic mass is 16.3. The maximum atomic E-state index is 12.4. The molecule has 5 N–H and O–H groups in total. The Hall–Kier alpha value is -2.09. The number of carbonyl (C=O) groups excluding carboxylic acids is 1. The van der Waals surface area contributed by atoms with Gasteiger partial charge in [-0.3, -0.25) is 19.5 Å². The molecule has 0 aliphatic carbocycles.